The van der Waals surface area contributed by atoms with Crippen molar-refractivity contribution in [3.8, 4) is 0 Å². The zero-order chi connectivity index (χ0) is 28.0. The molecule has 0 radical (unpaired) electrons. The smallest absolute Gasteiger partial charge is 0.395 e. The number of carbonyl (C=O) groups is 1. The molecule has 3 heterocycles. The number of sulfonamides is 1. The number of halogens is 3. The number of carbonyl (C=O) groups excluding carboxylic acids is 1. The molecule has 3 N–H and O–H groups in total. The Bertz CT molecular complexity index is 1350. The molecule has 0 bridgehead atoms. The molecule has 3 fully saturated rings. The highest BCUT2D eigenvalue weighted by Crippen LogP contribution is 2.54. The minimum absolute atomic E-state index is 0.116. The predicted molar refractivity (Wildman–Crippen MR) is 141 cm³/mol. The molecule has 1 aromatic carbocycles. The lowest BCUT2D eigenvalue weighted by atomic mass is 9.93. The van der Waals surface area contributed by atoms with Gasteiger partial charge >= 0.3 is 6.18 Å². The summed E-state index contributed by atoms with van der Waals surface area (Å²) in [5.74, 6) is -2.10. The first-order chi connectivity index (χ1) is 18.4. The summed E-state index contributed by atoms with van der Waals surface area (Å²) in [6.45, 7) is 2.11. The number of hydrogen-bond donors (Lipinski definition) is 3. The van der Waals surface area contributed by atoms with E-state index in [0.717, 1.165) is 25.9 Å². The Hall–Kier alpha value is -3.13. The van der Waals surface area contributed by atoms with Gasteiger partial charge in [-0.1, -0.05) is 0 Å². The fraction of sp³-hybridized carbons (Fsp3) is 0.560. The number of alkyl halides is 3. The summed E-state index contributed by atoms with van der Waals surface area (Å²) in [7, 11) is -3.76. The van der Waals surface area contributed by atoms with E-state index in [0.29, 0.717) is 22.4 Å². The van der Waals surface area contributed by atoms with E-state index < -0.39 is 40.4 Å². The van der Waals surface area contributed by atoms with E-state index in [-0.39, 0.29) is 30.5 Å². The number of hydrogen-bond acceptors (Lipinski definition) is 8. The first-order valence-electron chi connectivity index (χ1n) is 12.9. The van der Waals surface area contributed by atoms with E-state index in [1.165, 1.54) is 35.9 Å². The van der Waals surface area contributed by atoms with Gasteiger partial charge in [-0.25, -0.2) is 13.4 Å². The average molecular weight is 569 g/mol. The number of nitrogens with zero attached hydrogens (tertiary/aromatic N) is 4. The van der Waals surface area contributed by atoms with Crippen LogP contribution in [0.2, 0.25) is 0 Å². The van der Waals surface area contributed by atoms with Crippen molar-refractivity contribution in [1.82, 2.24) is 9.97 Å². The number of aryl methyl sites for hydroxylation is 1. The van der Waals surface area contributed by atoms with Crippen molar-refractivity contribution in [1.29, 1.82) is 0 Å². The molecule has 14 heteroatoms. The largest absolute Gasteiger partial charge is 0.395 e. The molecule has 5 rings (SSSR count). The molecular formula is C25H31F3N6O4S. The van der Waals surface area contributed by atoms with Crippen molar-refractivity contribution in [2.45, 2.75) is 38.8 Å². The van der Waals surface area contributed by atoms with Gasteiger partial charge in [-0.05, 0) is 56.2 Å². The van der Waals surface area contributed by atoms with Gasteiger partial charge < -0.3 is 20.2 Å². The molecule has 212 valence electrons. The number of rotatable bonds is 8. The maximum atomic E-state index is 13.4. The highest BCUT2D eigenvalue weighted by molar-refractivity contribution is 7.92. The second-order valence-corrected chi connectivity index (χ2v) is 12.5. The van der Waals surface area contributed by atoms with E-state index in [9.17, 15) is 26.4 Å². The summed E-state index contributed by atoms with van der Waals surface area (Å²) in [5.41, 5.74) is 2.03. The van der Waals surface area contributed by atoms with Crippen LogP contribution < -0.4 is 19.8 Å². The summed E-state index contributed by atoms with van der Waals surface area (Å²) < 4.78 is 65.7. The van der Waals surface area contributed by atoms with Crippen LogP contribution in [0.3, 0.4) is 0 Å². The normalized spacial score (nSPS) is 19.1. The Morgan fingerprint density at radius 2 is 1.79 bits per heavy atom. The van der Waals surface area contributed by atoms with Gasteiger partial charge in [0.1, 0.15) is 5.82 Å². The highest BCUT2D eigenvalue weighted by atomic mass is 32.2. The molecule has 1 amide bonds. The first kappa shape index (κ1) is 27.4. The van der Waals surface area contributed by atoms with E-state index in [4.69, 9.17) is 5.11 Å². The molecule has 0 unspecified atom stereocenters. The molecule has 0 atom stereocenters. The number of aliphatic hydroxyl groups excluding tert-OH is 1. The van der Waals surface area contributed by atoms with Gasteiger partial charge in [-0.3, -0.25) is 9.52 Å². The van der Waals surface area contributed by atoms with E-state index in [2.05, 4.69) is 24.9 Å². The minimum Gasteiger partial charge on any atom is -0.395 e. The van der Waals surface area contributed by atoms with Crippen LogP contribution in [0.5, 0.6) is 0 Å². The van der Waals surface area contributed by atoms with Crippen LogP contribution in [0.15, 0.2) is 24.3 Å². The highest BCUT2D eigenvalue weighted by Gasteiger charge is 2.48. The number of amides is 1. The second-order valence-electron chi connectivity index (χ2n) is 10.7. The van der Waals surface area contributed by atoms with Gasteiger partial charge in [0.2, 0.25) is 16.0 Å². The molecule has 2 aliphatic heterocycles. The topological polar surface area (TPSA) is 128 Å². The van der Waals surface area contributed by atoms with E-state index in [1.54, 1.807) is 13.0 Å². The van der Waals surface area contributed by atoms with Crippen LogP contribution in [-0.4, -0.2) is 74.1 Å². The Balaban J connectivity index is 1.37. The van der Waals surface area contributed by atoms with Crippen LogP contribution in [-0.2, 0) is 10.0 Å². The summed E-state index contributed by atoms with van der Waals surface area (Å²) in [5, 5.41) is 11.8. The minimum atomic E-state index is -4.28. The number of benzene rings is 1. The lowest BCUT2D eigenvalue weighted by molar-refractivity contribution is -0.180. The number of piperidine rings is 1. The van der Waals surface area contributed by atoms with Gasteiger partial charge in [0, 0.05) is 37.9 Å². The van der Waals surface area contributed by atoms with E-state index >= 15 is 0 Å². The fourth-order valence-electron chi connectivity index (χ4n) is 5.09. The van der Waals surface area contributed by atoms with Gasteiger partial charge in [0.15, 0.2) is 0 Å². The van der Waals surface area contributed by atoms with Crippen molar-refractivity contribution in [2.75, 3.05) is 58.4 Å². The molecule has 1 aliphatic carbocycles. The van der Waals surface area contributed by atoms with Crippen LogP contribution in [0, 0.1) is 18.3 Å². The number of aliphatic hydroxyl groups is 1. The standard InChI is InChI=1S/C25H31F3N6O4S/c1-16-12-21(31-23(29-16)34-14-17(15-34)25(26,27)28)30-22(36)19-3-2-18(32-39(37,38)11-10-35)13-20(19)33-8-6-24(4-5-24)7-9-33/h2-3,12-13,17,32,35H,4-11,14-15H2,1H3,(H,29,30,31,36). The van der Waals surface area contributed by atoms with Crippen molar-refractivity contribution in [3.63, 3.8) is 0 Å². The van der Waals surface area contributed by atoms with Crippen molar-refractivity contribution >= 4 is 39.1 Å². The third-order valence-corrected chi connectivity index (χ3v) is 8.98. The van der Waals surface area contributed by atoms with Gasteiger partial charge in [0.25, 0.3) is 5.91 Å². The Labute approximate surface area is 224 Å². The Morgan fingerprint density at radius 1 is 1.10 bits per heavy atom. The van der Waals surface area contributed by atoms with Crippen molar-refractivity contribution in [3.05, 3.63) is 35.5 Å². The maximum absolute atomic E-state index is 13.4. The van der Waals surface area contributed by atoms with Crippen LogP contribution >= 0.6 is 0 Å². The van der Waals surface area contributed by atoms with Crippen molar-refractivity contribution in [2.24, 2.45) is 11.3 Å². The summed E-state index contributed by atoms with van der Waals surface area (Å²) in [6.07, 6.45) is 0.0892. The monoisotopic (exact) mass is 568 g/mol. The number of anilines is 4. The molecule has 2 aromatic rings. The summed E-state index contributed by atoms with van der Waals surface area (Å²) >= 11 is 0. The maximum Gasteiger partial charge on any atom is 0.395 e. The number of nitrogens with one attached hydrogen (secondary N) is 2. The SMILES string of the molecule is Cc1cc(NC(=O)c2ccc(NS(=O)(=O)CCO)cc2N2CCC3(CC2)CC3)nc(N2CC(C(F)(F)F)C2)n1. The zero-order valence-electron chi connectivity index (χ0n) is 21.5. The average Bonchev–Trinajstić information content (AvgIpc) is 3.55. The quantitative estimate of drug-likeness (QED) is 0.443. The van der Waals surface area contributed by atoms with E-state index in [1.807, 2.05) is 0 Å². The zero-order valence-corrected chi connectivity index (χ0v) is 22.3. The molecule has 2 saturated heterocycles. The molecule has 10 nitrogen and oxygen atoms in total. The van der Waals surface area contributed by atoms with Crippen LogP contribution in [0.25, 0.3) is 0 Å². The van der Waals surface area contributed by atoms with Gasteiger partial charge in [-0.2, -0.15) is 18.2 Å². The third-order valence-electron chi connectivity index (χ3n) is 7.71. The van der Waals surface area contributed by atoms with Crippen LogP contribution in [0.4, 0.5) is 36.3 Å². The van der Waals surface area contributed by atoms with Crippen molar-refractivity contribution < 1.29 is 31.5 Å². The number of aromatic nitrogens is 2. The van der Waals surface area contributed by atoms with Crippen LogP contribution in [0.1, 0.15) is 41.7 Å². The Kier molecular flexibility index (Phi) is 7.12. The molecule has 1 spiro atoms. The Morgan fingerprint density at radius 3 is 2.41 bits per heavy atom. The molecule has 1 aromatic heterocycles. The third kappa shape index (κ3) is 6.21. The molecule has 1 saturated carbocycles. The predicted octanol–water partition coefficient (Wildman–Crippen LogP) is 3.15. The second kappa shape index (κ2) is 10.1. The van der Waals surface area contributed by atoms with Gasteiger partial charge in [-0.15, -0.1) is 0 Å². The lowest BCUT2D eigenvalue weighted by Gasteiger charge is -2.40. The lowest BCUT2D eigenvalue weighted by Crippen LogP contribution is -2.54. The first-order valence-corrected chi connectivity index (χ1v) is 14.5. The molecular weight excluding hydrogens is 537 g/mol. The summed E-state index contributed by atoms with van der Waals surface area (Å²) in [4.78, 5) is 25.4. The molecule has 3 aliphatic rings. The summed E-state index contributed by atoms with van der Waals surface area (Å²) in [6, 6.07) is 6.16. The fourth-order valence-corrected chi connectivity index (χ4v) is 5.92. The van der Waals surface area contributed by atoms with Gasteiger partial charge in [0.05, 0.1) is 35.2 Å². The molecule has 39 heavy (non-hydrogen) atoms.